The molecule has 4 heteroatoms. The second-order valence-electron chi connectivity index (χ2n) is 5.14. The number of aliphatic carboxylic acids is 1. The second kappa shape index (κ2) is 6.35. The fourth-order valence-corrected chi connectivity index (χ4v) is 3.68. The van der Waals surface area contributed by atoms with E-state index in [1.807, 2.05) is 6.07 Å². The Balaban J connectivity index is 2.01. The lowest BCUT2D eigenvalue weighted by molar-refractivity contribution is -0.131. The first-order chi connectivity index (χ1) is 9.10. The number of rotatable bonds is 5. The van der Waals surface area contributed by atoms with Gasteiger partial charge in [-0.3, -0.25) is 4.90 Å². The molecule has 2 heterocycles. The van der Waals surface area contributed by atoms with Gasteiger partial charge in [0.1, 0.15) is 0 Å². The Morgan fingerprint density at radius 2 is 2.32 bits per heavy atom. The van der Waals surface area contributed by atoms with Crippen molar-refractivity contribution in [2.45, 2.75) is 51.7 Å². The van der Waals surface area contributed by atoms with Gasteiger partial charge in [0.05, 0.1) is 0 Å². The van der Waals surface area contributed by atoms with E-state index >= 15 is 0 Å². The zero-order chi connectivity index (χ0) is 13.8. The van der Waals surface area contributed by atoms with E-state index in [0.717, 1.165) is 11.4 Å². The summed E-state index contributed by atoms with van der Waals surface area (Å²) in [5.74, 6) is -0.894. The Labute approximate surface area is 118 Å². The van der Waals surface area contributed by atoms with E-state index in [1.54, 1.807) is 17.4 Å². The number of carboxylic acids is 1. The lowest BCUT2D eigenvalue weighted by Crippen LogP contribution is -2.33. The Hall–Kier alpha value is -1.13. The van der Waals surface area contributed by atoms with Gasteiger partial charge in [-0.15, -0.1) is 11.3 Å². The molecule has 0 radical (unpaired) electrons. The van der Waals surface area contributed by atoms with Crippen LogP contribution >= 0.6 is 11.3 Å². The highest BCUT2D eigenvalue weighted by molar-refractivity contribution is 7.12. The number of hydrogen-bond donors (Lipinski definition) is 1. The van der Waals surface area contributed by atoms with Crippen molar-refractivity contribution in [2.24, 2.45) is 0 Å². The molecule has 2 rings (SSSR count). The van der Waals surface area contributed by atoms with Gasteiger partial charge < -0.3 is 5.11 Å². The summed E-state index contributed by atoms with van der Waals surface area (Å²) in [6.07, 6.45) is 6.66. The van der Waals surface area contributed by atoms with Crippen LogP contribution in [0.5, 0.6) is 0 Å². The minimum Gasteiger partial charge on any atom is -0.478 e. The third-order valence-corrected chi connectivity index (χ3v) is 4.87. The van der Waals surface area contributed by atoms with Gasteiger partial charge >= 0.3 is 5.97 Å². The first kappa shape index (κ1) is 14.3. The van der Waals surface area contributed by atoms with Crippen LogP contribution in [0.25, 0.3) is 6.08 Å². The monoisotopic (exact) mass is 279 g/mol. The number of likely N-dealkylation sites (tertiary alicyclic amines) is 1. The van der Waals surface area contributed by atoms with Crippen molar-refractivity contribution < 1.29 is 9.90 Å². The topological polar surface area (TPSA) is 40.5 Å². The Kier molecular flexibility index (Phi) is 4.77. The zero-order valence-electron chi connectivity index (χ0n) is 11.5. The number of hydrogen-bond acceptors (Lipinski definition) is 3. The van der Waals surface area contributed by atoms with Gasteiger partial charge in [-0.05, 0) is 44.4 Å². The van der Waals surface area contributed by atoms with Crippen molar-refractivity contribution in [3.63, 3.8) is 0 Å². The molecule has 1 saturated heterocycles. The van der Waals surface area contributed by atoms with Gasteiger partial charge in [0.25, 0.3) is 0 Å². The second-order valence-corrected chi connectivity index (χ2v) is 6.34. The third kappa shape index (κ3) is 3.67. The van der Waals surface area contributed by atoms with E-state index in [9.17, 15) is 4.79 Å². The van der Waals surface area contributed by atoms with Crippen LogP contribution in [0.4, 0.5) is 0 Å². The molecule has 1 aliphatic rings. The van der Waals surface area contributed by atoms with Crippen LogP contribution in [0.1, 0.15) is 42.9 Å². The zero-order valence-corrected chi connectivity index (χ0v) is 12.3. The predicted octanol–water partition coefficient (Wildman–Crippen LogP) is 3.61. The van der Waals surface area contributed by atoms with E-state index in [4.69, 9.17) is 5.11 Å². The first-order valence-electron chi connectivity index (χ1n) is 6.85. The molecule has 19 heavy (non-hydrogen) atoms. The average Bonchev–Trinajstić information content (AvgIpc) is 2.96. The van der Waals surface area contributed by atoms with Gasteiger partial charge in [0.15, 0.2) is 0 Å². The maximum Gasteiger partial charge on any atom is 0.328 e. The molecule has 2 atom stereocenters. The summed E-state index contributed by atoms with van der Waals surface area (Å²) in [6.45, 7) is 5.55. The van der Waals surface area contributed by atoms with E-state index in [0.29, 0.717) is 12.1 Å². The summed E-state index contributed by atoms with van der Waals surface area (Å²) in [5.41, 5.74) is 0. The van der Waals surface area contributed by atoms with E-state index < -0.39 is 5.97 Å². The van der Waals surface area contributed by atoms with E-state index in [-0.39, 0.29) is 0 Å². The summed E-state index contributed by atoms with van der Waals surface area (Å²) in [7, 11) is 0. The van der Waals surface area contributed by atoms with Crippen LogP contribution in [0.15, 0.2) is 18.2 Å². The highest BCUT2D eigenvalue weighted by Gasteiger charge is 2.29. The lowest BCUT2D eigenvalue weighted by Gasteiger charge is -2.26. The molecule has 3 nitrogen and oxygen atoms in total. The van der Waals surface area contributed by atoms with Crippen molar-refractivity contribution in [1.82, 2.24) is 4.90 Å². The molecular formula is C15H21NO2S. The number of thiophene rings is 1. The number of nitrogens with zero attached hydrogens (tertiary/aromatic N) is 1. The first-order valence-corrected chi connectivity index (χ1v) is 7.67. The van der Waals surface area contributed by atoms with Crippen LogP contribution in [0.3, 0.4) is 0 Å². The van der Waals surface area contributed by atoms with E-state index in [2.05, 4.69) is 24.8 Å². The van der Waals surface area contributed by atoms with Crippen molar-refractivity contribution in [3.05, 3.63) is 28.0 Å². The molecule has 104 valence electrons. The number of carbonyl (C=O) groups is 1. The molecule has 0 aromatic carbocycles. The standard InChI is InChI=1S/C15H21NO2S/c1-3-12-5-4-11(2)16(12)10-14-7-6-13(19-14)8-9-15(17)18/h6-9,11-12H,3-5,10H2,1-2H3,(H,17,18)/b9-8+. The molecule has 0 bridgehead atoms. The highest BCUT2D eigenvalue weighted by Crippen LogP contribution is 2.29. The van der Waals surface area contributed by atoms with Crippen molar-refractivity contribution in [1.29, 1.82) is 0 Å². The fourth-order valence-electron chi connectivity index (χ4n) is 2.75. The summed E-state index contributed by atoms with van der Waals surface area (Å²) < 4.78 is 0. The maximum atomic E-state index is 10.5. The van der Waals surface area contributed by atoms with Gasteiger partial charge in [-0.1, -0.05) is 6.92 Å². The number of carboxylic acid groups (broad SMARTS) is 1. The predicted molar refractivity (Wildman–Crippen MR) is 79.3 cm³/mol. The molecule has 0 aliphatic carbocycles. The average molecular weight is 279 g/mol. The van der Waals surface area contributed by atoms with Gasteiger partial charge in [0, 0.05) is 34.5 Å². The van der Waals surface area contributed by atoms with E-state index in [1.165, 1.54) is 30.2 Å². The van der Waals surface area contributed by atoms with Crippen LogP contribution in [-0.2, 0) is 11.3 Å². The maximum absolute atomic E-state index is 10.5. The Morgan fingerprint density at radius 1 is 1.53 bits per heavy atom. The molecule has 0 amide bonds. The quantitative estimate of drug-likeness (QED) is 0.837. The minimum absolute atomic E-state index is 0.657. The van der Waals surface area contributed by atoms with Crippen molar-refractivity contribution >= 4 is 23.4 Å². The molecule has 0 saturated carbocycles. The normalized spacial score (nSPS) is 24.3. The van der Waals surface area contributed by atoms with Crippen LogP contribution in [0, 0.1) is 0 Å². The smallest absolute Gasteiger partial charge is 0.328 e. The molecule has 2 unspecified atom stereocenters. The summed E-state index contributed by atoms with van der Waals surface area (Å²) in [6, 6.07) is 5.48. The van der Waals surface area contributed by atoms with Crippen molar-refractivity contribution in [2.75, 3.05) is 0 Å². The molecular weight excluding hydrogens is 258 g/mol. The molecule has 1 aromatic heterocycles. The van der Waals surface area contributed by atoms with Gasteiger partial charge in [0.2, 0.25) is 0 Å². The summed E-state index contributed by atoms with van der Waals surface area (Å²) in [5, 5.41) is 8.62. The van der Waals surface area contributed by atoms with Gasteiger partial charge in [-0.25, -0.2) is 4.79 Å². The molecule has 1 aromatic rings. The third-order valence-electron chi connectivity index (χ3n) is 3.84. The van der Waals surface area contributed by atoms with Crippen LogP contribution in [-0.4, -0.2) is 28.1 Å². The highest BCUT2D eigenvalue weighted by atomic mass is 32.1. The van der Waals surface area contributed by atoms with Crippen LogP contribution < -0.4 is 0 Å². The summed E-state index contributed by atoms with van der Waals surface area (Å²) >= 11 is 1.68. The van der Waals surface area contributed by atoms with Crippen molar-refractivity contribution in [3.8, 4) is 0 Å². The molecule has 1 fully saturated rings. The SMILES string of the molecule is CCC1CCC(C)N1Cc1ccc(/C=C/C(=O)O)s1. The van der Waals surface area contributed by atoms with Crippen LogP contribution in [0.2, 0.25) is 0 Å². The Morgan fingerprint density at radius 3 is 3.00 bits per heavy atom. The molecule has 0 spiro atoms. The minimum atomic E-state index is -0.894. The summed E-state index contributed by atoms with van der Waals surface area (Å²) in [4.78, 5) is 15.4. The lowest BCUT2D eigenvalue weighted by atomic mass is 10.1. The largest absolute Gasteiger partial charge is 0.478 e. The van der Waals surface area contributed by atoms with Gasteiger partial charge in [-0.2, -0.15) is 0 Å². The molecule has 1 N–H and O–H groups in total. The fraction of sp³-hybridized carbons (Fsp3) is 0.533. The Bertz CT molecular complexity index is 466. The molecule has 1 aliphatic heterocycles.